The van der Waals surface area contributed by atoms with Gasteiger partial charge in [0.2, 0.25) is 11.9 Å². The lowest BCUT2D eigenvalue weighted by Crippen LogP contribution is -2.37. The molecule has 0 aliphatic carbocycles. The Hall–Kier alpha value is -3.36. The lowest BCUT2D eigenvalue weighted by Gasteiger charge is -2.13. The lowest BCUT2D eigenvalue weighted by molar-refractivity contribution is -0.124. The molecule has 0 bridgehead atoms. The number of aromatic nitrogens is 4. The van der Waals surface area contributed by atoms with Crippen LogP contribution in [-0.2, 0) is 25.4 Å². The highest BCUT2D eigenvalue weighted by Crippen LogP contribution is 2.17. The van der Waals surface area contributed by atoms with E-state index in [1.165, 1.54) is 11.6 Å². The van der Waals surface area contributed by atoms with Crippen LogP contribution in [0.25, 0.3) is 11.2 Å². The fourth-order valence-electron chi connectivity index (χ4n) is 3.22. The van der Waals surface area contributed by atoms with Crippen LogP contribution in [0.2, 0.25) is 0 Å². The number of anilines is 1. The smallest absolute Gasteiger partial charge is 0.332 e. The van der Waals surface area contributed by atoms with E-state index in [-0.39, 0.29) is 11.8 Å². The predicted molar refractivity (Wildman–Crippen MR) is 117 cm³/mol. The van der Waals surface area contributed by atoms with E-state index < -0.39 is 11.2 Å². The minimum atomic E-state index is -0.427. The monoisotopic (exact) mass is 412 g/mol. The van der Waals surface area contributed by atoms with Crippen LogP contribution in [-0.4, -0.2) is 37.7 Å². The first-order valence-electron chi connectivity index (χ1n) is 10.1. The molecule has 0 saturated carbocycles. The Labute approximate surface area is 174 Å². The van der Waals surface area contributed by atoms with E-state index in [2.05, 4.69) is 15.6 Å². The van der Waals surface area contributed by atoms with Gasteiger partial charge in [-0.2, -0.15) is 4.98 Å². The van der Waals surface area contributed by atoms with Crippen molar-refractivity contribution in [1.82, 2.24) is 24.0 Å². The number of benzene rings is 1. The van der Waals surface area contributed by atoms with Crippen molar-refractivity contribution in [2.45, 2.75) is 26.8 Å². The molecule has 0 spiro atoms. The molecule has 2 heterocycles. The first kappa shape index (κ1) is 21.4. The molecule has 9 nitrogen and oxygen atoms in total. The molecule has 160 valence electrons. The van der Waals surface area contributed by atoms with Crippen molar-refractivity contribution >= 4 is 23.0 Å². The number of carbonyl (C=O) groups excluding carboxylic acids is 1. The zero-order valence-corrected chi connectivity index (χ0v) is 17.8. The van der Waals surface area contributed by atoms with Crippen LogP contribution in [0.1, 0.15) is 25.8 Å². The molecule has 0 radical (unpaired) electrons. The minimum Gasteiger partial charge on any atom is -0.354 e. The Morgan fingerprint density at radius 1 is 1.10 bits per heavy atom. The summed E-state index contributed by atoms with van der Waals surface area (Å²) in [4.78, 5) is 41.7. The first-order valence-corrected chi connectivity index (χ1v) is 10.1. The highest BCUT2D eigenvalue weighted by Gasteiger charge is 2.19. The standard InChI is InChI=1S/C21H28N6O3/c1-5-14(2)18(28)22-11-12-23-20-24-17-16(19(29)26(4)21(30)25(17)3)27(20)13-15-9-7-6-8-10-15/h6-10,14H,5,11-13H2,1-4H3,(H,22,28)(H,23,24)/t14-/m0/s1. The number of nitrogens with zero attached hydrogens (tertiary/aromatic N) is 4. The maximum atomic E-state index is 12.9. The van der Waals surface area contributed by atoms with Gasteiger partial charge in [-0.3, -0.25) is 23.3 Å². The third-order valence-electron chi connectivity index (χ3n) is 5.30. The second-order valence-corrected chi connectivity index (χ2v) is 7.41. The average Bonchev–Trinajstić information content (AvgIpc) is 3.11. The average molecular weight is 412 g/mol. The first-order chi connectivity index (χ1) is 14.3. The van der Waals surface area contributed by atoms with Gasteiger partial charge in [0, 0.05) is 33.1 Å². The van der Waals surface area contributed by atoms with E-state index in [0.29, 0.717) is 36.7 Å². The molecular weight excluding hydrogens is 384 g/mol. The topological polar surface area (TPSA) is 103 Å². The van der Waals surface area contributed by atoms with E-state index >= 15 is 0 Å². The van der Waals surface area contributed by atoms with Crippen molar-refractivity contribution in [3.05, 3.63) is 56.7 Å². The van der Waals surface area contributed by atoms with Crippen molar-refractivity contribution in [3.63, 3.8) is 0 Å². The highest BCUT2D eigenvalue weighted by atomic mass is 16.2. The minimum absolute atomic E-state index is 0.00774. The maximum Gasteiger partial charge on any atom is 0.332 e. The molecule has 0 aliphatic rings. The van der Waals surface area contributed by atoms with Gasteiger partial charge in [-0.1, -0.05) is 44.2 Å². The molecule has 0 saturated heterocycles. The fourth-order valence-corrected chi connectivity index (χ4v) is 3.22. The second-order valence-electron chi connectivity index (χ2n) is 7.41. The third-order valence-corrected chi connectivity index (χ3v) is 5.30. The van der Waals surface area contributed by atoms with Crippen molar-refractivity contribution in [2.24, 2.45) is 20.0 Å². The largest absolute Gasteiger partial charge is 0.354 e. The summed E-state index contributed by atoms with van der Waals surface area (Å²) in [7, 11) is 3.06. The van der Waals surface area contributed by atoms with Gasteiger partial charge >= 0.3 is 5.69 Å². The zero-order chi connectivity index (χ0) is 21.8. The van der Waals surface area contributed by atoms with Gasteiger partial charge in [-0.15, -0.1) is 0 Å². The number of imidazole rings is 1. The summed E-state index contributed by atoms with van der Waals surface area (Å²) < 4.78 is 4.23. The van der Waals surface area contributed by atoms with Gasteiger partial charge in [0.1, 0.15) is 0 Å². The summed E-state index contributed by atoms with van der Waals surface area (Å²) in [6, 6.07) is 9.72. The maximum absolute atomic E-state index is 12.9. The molecule has 9 heteroatoms. The third kappa shape index (κ3) is 4.14. The normalized spacial score (nSPS) is 12.1. The summed E-state index contributed by atoms with van der Waals surface area (Å²) in [5.41, 5.74) is 0.861. The predicted octanol–water partition coefficient (Wildman–Crippen LogP) is 1.06. The number of amides is 1. The van der Waals surface area contributed by atoms with Gasteiger partial charge in [-0.25, -0.2) is 4.79 Å². The summed E-state index contributed by atoms with van der Waals surface area (Å²) >= 11 is 0. The second kappa shape index (κ2) is 8.98. The Morgan fingerprint density at radius 2 is 1.80 bits per heavy atom. The van der Waals surface area contributed by atoms with E-state index in [1.54, 1.807) is 11.6 Å². The van der Waals surface area contributed by atoms with Crippen LogP contribution >= 0.6 is 0 Å². The van der Waals surface area contributed by atoms with Crippen LogP contribution in [0.3, 0.4) is 0 Å². The Kier molecular flexibility index (Phi) is 6.39. The van der Waals surface area contributed by atoms with Crippen LogP contribution in [0.4, 0.5) is 5.95 Å². The number of nitrogens with one attached hydrogen (secondary N) is 2. The molecule has 30 heavy (non-hydrogen) atoms. The Bertz CT molecular complexity index is 1160. The van der Waals surface area contributed by atoms with Crippen LogP contribution < -0.4 is 21.9 Å². The molecule has 3 rings (SSSR count). The molecule has 3 aromatic rings. The van der Waals surface area contributed by atoms with Crippen molar-refractivity contribution < 1.29 is 4.79 Å². The molecule has 1 amide bonds. The zero-order valence-electron chi connectivity index (χ0n) is 17.8. The SMILES string of the molecule is CC[C@H](C)C(=O)NCCNc1nc2c(c(=O)n(C)c(=O)n2C)n1Cc1ccccc1. The quantitative estimate of drug-likeness (QED) is 0.539. The van der Waals surface area contributed by atoms with Crippen LogP contribution in [0.5, 0.6) is 0 Å². The van der Waals surface area contributed by atoms with Crippen molar-refractivity contribution in [2.75, 3.05) is 18.4 Å². The summed E-state index contributed by atoms with van der Waals surface area (Å²) in [5, 5.41) is 6.09. The lowest BCUT2D eigenvalue weighted by atomic mass is 10.1. The number of fused-ring (bicyclic) bond motifs is 1. The molecular formula is C21H28N6O3. The summed E-state index contributed by atoms with van der Waals surface area (Å²) in [6.45, 7) is 5.15. The van der Waals surface area contributed by atoms with Crippen molar-refractivity contribution in [3.8, 4) is 0 Å². The number of hydrogen-bond donors (Lipinski definition) is 2. The molecule has 2 aromatic heterocycles. The van der Waals surface area contributed by atoms with E-state index in [9.17, 15) is 14.4 Å². The molecule has 0 unspecified atom stereocenters. The van der Waals surface area contributed by atoms with Crippen LogP contribution in [0.15, 0.2) is 39.9 Å². The van der Waals surface area contributed by atoms with E-state index in [0.717, 1.165) is 16.6 Å². The van der Waals surface area contributed by atoms with Gasteiger partial charge < -0.3 is 10.6 Å². The van der Waals surface area contributed by atoms with Gasteiger partial charge in [0.15, 0.2) is 11.2 Å². The van der Waals surface area contributed by atoms with E-state index in [1.807, 2.05) is 44.2 Å². The number of rotatable bonds is 8. The Morgan fingerprint density at radius 3 is 2.47 bits per heavy atom. The highest BCUT2D eigenvalue weighted by molar-refractivity contribution is 5.78. The number of carbonyl (C=O) groups is 1. The molecule has 1 atom stereocenters. The summed E-state index contributed by atoms with van der Waals surface area (Å²) in [6.07, 6.45) is 0.781. The molecule has 0 fully saturated rings. The number of aryl methyl sites for hydroxylation is 1. The number of hydrogen-bond acceptors (Lipinski definition) is 5. The molecule has 2 N–H and O–H groups in total. The summed E-state index contributed by atoms with van der Waals surface area (Å²) in [5.74, 6) is 0.448. The van der Waals surface area contributed by atoms with Crippen LogP contribution in [0, 0.1) is 5.92 Å². The van der Waals surface area contributed by atoms with Gasteiger partial charge in [-0.05, 0) is 12.0 Å². The fraction of sp³-hybridized carbons (Fsp3) is 0.429. The van der Waals surface area contributed by atoms with E-state index in [4.69, 9.17) is 0 Å². The molecule has 1 aromatic carbocycles. The van der Waals surface area contributed by atoms with Gasteiger partial charge in [0.05, 0.1) is 6.54 Å². The van der Waals surface area contributed by atoms with Gasteiger partial charge in [0.25, 0.3) is 5.56 Å². The van der Waals surface area contributed by atoms with Crippen molar-refractivity contribution in [1.29, 1.82) is 0 Å². The Balaban J connectivity index is 1.94. The molecule has 0 aliphatic heterocycles.